The maximum atomic E-state index is 13.2. The smallest absolute Gasteiger partial charge is 0.328 e. The third-order valence-electron chi connectivity index (χ3n) is 8.79. The Bertz CT molecular complexity index is 1270. The first-order valence-electron chi connectivity index (χ1n) is 19.8. The third-order valence-corrected chi connectivity index (χ3v) is 8.79. The van der Waals surface area contributed by atoms with Crippen LogP contribution in [0, 0.1) is 11.8 Å². The van der Waals surface area contributed by atoms with E-state index in [1.807, 2.05) is 98.2 Å². The van der Waals surface area contributed by atoms with Crippen LogP contribution in [0.4, 0.5) is 0 Å². The SMILES string of the molecule is CC(C)C[C@H](NC(=O)CN1CCOCCOCCN(CC(=O)N[C@@H](CC(C)C)C(=O)OCc2ccccc2)CCOCCOCC1)C(=O)OCc1ccccc1. The molecule has 0 aromatic heterocycles. The van der Waals surface area contributed by atoms with Gasteiger partial charge in [0.2, 0.25) is 11.8 Å². The Kier molecular flexibility index (Phi) is 22.9. The van der Waals surface area contributed by atoms with Gasteiger partial charge in [0.05, 0.1) is 65.9 Å². The van der Waals surface area contributed by atoms with Crippen molar-refractivity contribution in [1.82, 2.24) is 20.4 Å². The zero-order chi connectivity index (χ0) is 40.4. The first-order valence-corrected chi connectivity index (χ1v) is 19.8. The van der Waals surface area contributed by atoms with Gasteiger partial charge in [-0.25, -0.2) is 9.59 Å². The minimum absolute atomic E-state index is 0.0663. The van der Waals surface area contributed by atoms with Gasteiger partial charge in [-0.05, 0) is 35.8 Å². The monoisotopic (exact) mass is 784 g/mol. The second-order valence-corrected chi connectivity index (χ2v) is 14.7. The van der Waals surface area contributed by atoms with Crippen LogP contribution in [-0.2, 0) is 60.8 Å². The molecule has 1 saturated heterocycles. The van der Waals surface area contributed by atoms with Crippen LogP contribution < -0.4 is 10.6 Å². The normalized spacial score (nSPS) is 17.2. The molecule has 2 amide bonds. The lowest BCUT2D eigenvalue weighted by Gasteiger charge is -2.25. The quantitative estimate of drug-likeness (QED) is 0.241. The molecule has 14 heteroatoms. The molecule has 14 nitrogen and oxygen atoms in total. The highest BCUT2D eigenvalue weighted by molar-refractivity contribution is 5.86. The van der Waals surface area contributed by atoms with E-state index in [1.165, 1.54) is 0 Å². The lowest BCUT2D eigenvalue weighted by molar-refractivity contribution is -0.150. The van der Waals surface area contributed by atoms with Crippen molar-refractivity contribution in [2.24, 2.45) is 11.8 Å². The molecule has 0 unspecified atom stereocenters. The van der Waals surface area contributed by atoms with E-state index in [2.05, 4.69) is 10.6 Å². The maximum Gasteiger partial charge on any atom is 0.328 e. The van der Waals surface area contributed by atoms with Crippen LogP contribution in [0.1, 0.15) is 51.7 Å². The van der Waals surface area contributed by atoms with Crippen molar-refractivity contribution >= 4 is 23.8 Å². The summed E-state index contributed by atoms with van der Waals surface area (Å²) in [5.41, 5.74) is 1.76. The number of benzene rings is 2. The summed E-state index contributed by atoms with van der Waals surface area (Å²) in [5.74, 6) is -1.13. The van der Waals surface area contributed by atoms with E-state index in [4.69, 9.17) is 28.4 Å². The Morgan fingerprint density at radius 2 is 0.857 bits per heavy atom. The van der Waals surface area contributed by atoms with Gasteiger partial charge in [-0.2, -0.15) is 0 Å². The van der Waals surface area contributed by atoms with Crippen LogP contribution in [0.2, 0.25) is 0 Å². The number of carbonyl (C=O) groups excluding carboxylic acids is 4. The van der Waals surface area contributed by atoms with Crippen molar-refractivity contribution in [2.75, 3.05) is 92.1 Å². The van der Waals surface area contributed by atoms with E-state index < -0.39 is 24.0 Å². The minimum atomic E-state index is -0.755. The zero-order valence-corrected chi connectivity index (χ0v) is 33.8. The summed E-state index contributed by atoms with van der Waals surface area (Å²) in [4.78, 5) is 56.1. The van der Waals surface area contributed by atoms with Gasteiger partial charge in [0.1, 0.15) is 25.3 Å². The van der Waals surface area contributed by atoms with Crippen LogP contribution in [0.5, 0.6) is 0 Å². The summed E-state index contributed by atoms with van der Waals surface area (Å²) in [6, 6.07) is 17.4. The van der Waals surface area contributed by atoms with Gasteiger partial charge < -0.3 is 39.1 Å². The van der Waals surface area contributed by atoms with E-state index in [0.717, 1.165) is 11.1 Å². The number of rotatable bonds is 16. The highest BCUT2D eigenvalue weighted by Crippen LogP contribution is 2.11. The Labute approximate surface area is 332 Å². The number of nitrogens with zero attached hydrogens (tertiary/aromatic N) is 2. The lowest BCUT2D eigenvalue weighted by atomic mass is 10.0. The molecule has 56 heavy (non-hydrogen) atoms. The second kappa shape index (κ2) is 27.6. The number of hydrogen-bond acceptors (Lipinski definition) is 12. The summed E-state index contributed by atoms with van der Waals surface area (Å²) < 4.78 is 34.4. The molecule has 0 saturated carbocycles. The maximum absolute atomic E-state index is 13.2. The summed E-state index contributed by atoms with van der Waals surface area (Å²) in [5, 5.41) is 5.77. The first-order chi connectivity index (χ1) is 27.1. The fourth-order valence-electron chi connectivity index (χ4n) is 5.87. The van der Waals surface area contributed by atoms with Crippen molar-refractivity contribution in [3.8, 4) is 0 Å². The molecule has 1 aliphatic heterocycles. The number of carbonyl (C=O) groups is 4. The molecule has 0 aliphatic carbocycles. The molecule has 2 aromatic carbocycles. The van der Waals surface area contributed by atoms with Crippen LogP contribution in [0.25, 0.3) is 0 Å². The average Bonchev–Trinajstić information content (AvgIpc) is 3.17. The van der Waals surface area contributed by atoms with E-state index >= 15 is 0 Å². The Hall–Kier alpha value is -3.92. The molecule has 2 atom stereocenters. The van der Waals surface area contributed by atoms with E-state index in [-0.39, 0.29) is 50.0 Å². The fraction of sp³-hybridized carbons (Fsp3) is 0.619. The molecule has 312 valence electrons. The molecule has 2 N–H and O–H groups in total. The van der Waals surface area contributed by atoms with Gasteiger partial charge in [0.25, 0.3) is 0 Å². The predicted molar refractivity (Wildman–Crippen MR) is 211 cm³/mol. The number of ether oxygens (including phenoxy) is 6. The zero-order valence-electron chi connectivity index (χ0n) is 33.8. The Balaban J connectivity index is 1.45. The molecule has 1 aliphatic rings. The molecular weight excluding hydrogens is 720 g/mol. The first kappa shape index (κ1) is 46.5. The number of esters is 2. The van der Waals surface area contributed by atoms with Crippen molar-refractivity contribution in [1.29, 1.82) is 0 Å². The van der Waals surface area contributed by atoms with E-state index in [9.17, 15) is 19.2 Å². The summed E-state index contributed by atoms with van der Waals surface area (Å²) in [6.07, 6.45) is 0.919. The number of hydrogen-bond donors (Lipinski definition) is 2. The summed E-state index contributed by atoms with van der Waals surface area (Å²) in [6.45, 7) is 13.2. The summed E-state index contributed by atoms with van der Waals surface area (Å²) in [7, 11) is 0. The van der Waals surface area contributed by atoms with Gasteiger partial charge in [-0.3, -0.25) is 19.4 Å². The number of amides is 2. The van der Waals surface area contributed by atoms with Gasteiger partial charge in [-0.1, -0.05) is 88.4 Å². The van der Waals surface area contributed by atoms with E-state index in [0.29, 0.717) is 91.9 Å². The van der Waals surface area contributed by atoms with Crippen molar-refractivity contribution < 1.29 is 47.6 Å². The van der Waals surface area contributed by atoms with Gasteiger partial charge in [0.15, 0.2) is 0 Å². The average molecular weight is 785 g/mol. The predicted octanol–water partition coefficient (Wildman–Crippen LogP) is 3.22. The molecule has 0 spiro atoms. The molecule has 1 heterocycles. The highest BCUT2D eigenvalue weighted by Gasteiger charge is 2.26. The highest BCUT2D eigenvalue weighted by atomic mass is 16.5. The summed E-state index contributed by atoms with van der Waals surface area (Å²) >= 11 is 0. The molecule has 0 radical (unpaired) electrons. The minimum Gasteiger partial charge on any atom is -0.459 e. The van der Waals surface area contributed by atoms with Crippen LogP contribution >= 0.6 is 0 Å². The molecule has 0 bridgehead atoms. The van der Waals surface area contributed by atoms with Crippen LogP contribution in [0.3, 0.4) is 0 Å². The second-order valence-electron chi connectivity index (χ2n) is 14.7. The molecular formula is C42H64N4O10. The Morgan fingerprint density at radius 1 is 0.536 bits per heavy atom. The molecule has 3 rings (SSSR count). The standard InChI is InChI=1S/C42H64N4O10/c1-33(2)27-37(41(49)55-31-35-11-7-5-8-12-35)43-39(47)29-45-15-19-51-23-25-53-21-17-46(18-22-54-26-24-52-20-16-45)30-40(48)44-38(28-34(3)4)42(50)56-32-36-13-9-6-10-14-36/h5-14,33-34,37-38H,15-32H2,1-4H3,(H,43,47)(H,44,48)/t37-,38-/m0/s1. The van der Waals surface area contributed by atoms with Gasteiger partial charge in [0, 0.05) is 26.2 Å². The van der Waals surface area contributed by atoms with Crippen molar-refractivity contribution in [3.05, 3.63) is 71.8 Å². The lowest BCUT2D eigenvalue weighted by Crippen LogP contribution is -2.48. The Morgan fingerprint density at radius 3 is 1.16 bits per heavy atom. The van der Waals surface area contributed by atoms with E-state index in [1.54, 1.807) is 0 Å². The molecule has 1 fully saturated rings. The van der Waals surface area contributed by atoms with Crippen LogP contribution in [0.15, 0.2) is 60.7 Å². The van der Waals surface area contributed by atoms with Gasteiger partial charge >= 0.3 is 11.9 Å². The third kappa shape index (κ3) is 20.8. The number of nitrogens with one attached hydrogen (secondary N) is 2. The van der Waals surface area contributed by atoms with Crippen molar-refractivity contribution in [2.45, 2.75) is 65.8 Å². The largest absolute Gasteiger partial charge is 0.459 e. The van der Waals surface area contributed by atoms with Crippen LogP contribution in [-0.4, -0.2) is 138 Å². The van der Waals surface area contributed by atoms with Gasteiger partial charge in [-0.15, -0.1) is 0 Å². The fourth-order valence-corrected chi connectivity index (χ4v) is 5.87. The molecule has 2 aromatic rings. The topological polar surface area (TPSA) is 154 Å². The van der Waals surface area contributed by atoms with Crippen molar-refractivity contribution in [3.63, 3.8) is 0 Å².